The van der Waals surface area contributed by atoms with Gasteiger partial charge >= 0.3 is 0 Å². The van der Waals surface area contributed by atoms with Crippen LogP contribution in [0.25, 0.3) is 0 Å². The molecule has 2 N–H and O–H groups in total. The molecule has 4 rings (SSSR count). The minimum Gasteiger partial charge on any atom is -0.394 e. The van der Waals surface area contributed by atoms with Crippen LogP contribution in [0.3, 0.4) is 0 Å². The van der Waals surface area contributed by atoms with Crippen molar-refractivity contribution in [3.05, 3.63) is 72.3 Å². The first-order valence-corrected chi connectivity index (χ1v) is 13.0. The number of aliphatic hydroxyl groups is 1. The van der Waals surface area contributed by atoms with Crippen LogP contribution in [0.2, 0.25) is 0 Å². The van der Waals surface area contributed by atoms with Crippen LogP contribution in [0, 0.1) is 6.92 Å². The Labute approximate surface area is 200 Å². The van der Waals surface area contributed by atoms with Gasteiger partial charge in [-0.3, -0.25) is 4.79 Å². The van der Waals surface area contributed by atoms with Crippen LogP contribution in [-0.4, -0.2) is 75.4 Å². The zero-order valence-electron chi connectivity index (χ0n) is 19.2. The van der Waals surface area contributed by atoms with Crippen LogP contribution in [0.4, 0.5) is 5.69 Å². The number of anilines is 1. The SMILES string of the molecule is Cc1ccc(S(=O)(=O)N[C@H]2C=C[C@@H](CC(=O)N3CCN(c4ccccc4)CC3)O[C@H]2CO)cc1. The lowest BCUT2D eigenvalue weighted by molar-refractivity contribution is -0.135. The van der Waals surface area contributed by atoms with Crippen molar-refractivity contribution in [2.75, 3.05) is 37.7 Å². The predicted molar refractivity (Wildman–Crippen MR) is 130 cm³/mol. The number of piperazine rings is 1. The van der Waals surface area contributed by atoms with Gasteiger partial charge in [0.1, 0.15) is 6.10 Å². The maximum absolute atomic E-state index is 12.8. The van der Waals surface area contributed by atoms with Gasteiger partial charge in [-0.25, -0.2) is 13.1 Å². The molecule has 3 atom stereocenters. The van der Waals surface area contributed by atoms with Gasteiger partial charge in [0.15, 0.2) is 0 Å². The molecule has 182 valence electrons. The number of amides is 1. The first kappa shape index (κ1) is 24.4. The number of aryl methyl sites for hydroxylation is 1. The van der Waals surface area contributed by atoms with E-state index in [2.05, 4.69) is 21.8 Å². The molecule has 2 aromatic rings. The van der Waals surface area contributed by atoms with Crippen LogP contribution in [0.15, 0.2) is 71.6 Å². The molecular weight excluding hydrogens is 454 g/mol. The van der Waals surface area contributed by atoms with E-state index in [1.165, 1.54) is 12.1 Å². The number of benzene rings is 2. The Balaban J connectivity index is 1.32. The van der Waals surface area contributed by atoms with E-state index >= 15 is 0 Å². The van der Waals surface area contributed by atoms with Gasteiger partial charge in [0.05, 0.1) is 30.1 Å². The Bertz CT molecular complexity index is 1100. The molecule has 8 nitrogen and oxygen atoms in total. The normalized spacial score (nSPS) is 23.2. The lowest BCUT2D eigenvalue weighted by Gasteiger charge is -2.37. The summed E-state index contributed by atoms with van der Waals surface area (Å²) in [6, 6.07) is 15.9. The highest BCUT2D eigenvalue weighted by molar-refractivity contribution is 7.89. The van der Waals surface area contributed by atoms with E-state index in [1.807, 2.05) is 30.0 Å². The molecule has 0 saturated carbocycles. The van der Waals surface area contributed by atoms with Gasteiger partial charge in [0, 0.05) is 31.9 Å². The van der Waals surface area contributed by atoms with E-state index in [1.54, 1.807) is 24.3 Å². The van der Waals surface area contributed by atoms with Crippen LogP contribution >= 0.6 is 0 Å². The number of carbonyl (C=O) groups is 1. The molecule has 2 aliphatic heterocycles. The molecule has 2 aromatic carbocycles. The van der Waals surface area contributed by atoms with Crippen molar-refractivity contribution in [3.63, 3.8) is 0 Å². The van der Waals surface area contributed by atoms with E-state index in [0.717, 1.165) is 24.3 Å². The third kappa shape index (κ3) is 5.85. The van der Waals surface area contributed by atoms with Crippen molar-refractivity contribution in [1.82, 2.24) is 9.62 Å². The molecule has 2 aliphatic rings. The lowest BCUT2D eigenvalue weighted by atomic mass is 10.1. The van der Waals surface area contributed by atoms with E-state index in [0.29, 0.717) is 13.1 Å². The van der Waals surface area contributed by atoms with Gasteiger partial charge in [-0.15, -0.1) is 0 Å². The molecule has 34 heavy (non-hydrogen) atoms. The largest absolute Gasteiger partial charge is 0.394 e. The van der Waals surface area contributed by atoms with E-state index in [9.17, 15) is 18.3 Å². The minimum atomic E-state index is -3.78. The molecule has 0 unspecified atom stereocenters. The number of nitrogens with one attached hydrogen (secondary N) is 1. The van der Waals surface area contributed by atoms with Crippen molar-refractivity contribution in [1.29, 1.82) is 0 Å². The number of hydrogen-bond acceptors (Lipinski definition) is 6. The van der Waals surface area contributed by atoms with Crippen LogP contribution in [0.1, 0.15) is 12.0 Å². The van der Waals surface area contributed by atoms with Gasteiger partial charge in [-0.2, -0.15) is 0 Å². The summed E-state index contributed by atoms with van der Waals surface area (Å²) in [7, 11) is -3.78. The average molecular weight is 486 g/mol. The number of sulfonamides is 1. The Morgan fingerprint density at radius 3 is 2.35 bits per heavy atom. The summed E-state index contributed by atoms with van der Waals surface area (Å²) in [5.74, 6) is -0.0160. The molecule has 0 bridgehead atoms. The number of aliphatic hydroxyl groups excluding tert-OH is 1. The zero-order valence-corrected chi connectivity index (χ0v) is 20.0. The third-order valence-corrected chi connectivity index (χ3v) is 7.69. The molecule has 2 heterocycles. The standard InChI is InChI=1S/C25H31N3O5S/c1-19-7-10-22(11-8-19)34(31,32)26-23-12-9-21(33-24(23)18-29)17-25(30)28-15-13-27(14-16-28)20-5-3-2-4-6-20/h2-12,21,23-24,26,29H,13-18H2,1H3/t21-,23-,24-/m0/s1. The summed E-state index contributed by atoms with van der Waals surface area (Å²) in [6.07, 6.45) is 2.22. The van der Waals surface area contributed by atoms with Gasteiger partial charge in [-0.05, 0) is 31.2 Å². The third-order valence-electron chi connectivity index (χ3n) is 6.22. The van der Waals surface area contributed by atoms with Crippen LogP contribution in [0.5, 0.6) is 0 Å². The molecule has 0 aromatic heterocycles. The first-order valence-electron chi connectivity index (χ1n) is 11.5. The Hall–Kier alpha value is -2.72. The summed E-state index contributed by atoms with van der Waals surface area (Å²) < 4.78 is 33.9. The second-order valence-electron chi connectivity index (χ2n) is 8.65. The predicted octanol–water partition coefficient (Wildman–Crippen LogP) is 1.70. The van der Waals surface area contributed by atoms with Gasteiger partial charge < -0.3 is 19.6 Å². The Kier molecular flexibility index (Phi) is 7.67. The average Bonchev–Trinajstić information content (AvgIpc) is 2.85. The molecule has 0 aliphatic carbocycles. The number of carbonyl (C=O) groups excluding carboxylic acids is 1. The van der Waals surface area contributed by atoms with E-state index in [4.69, 9.17) is 4.74 Å². The van der Waals surface area contributed by atoms with E-state index < -0.39 is 28.3 Å². The summed E-state index contributed by atoms with van der Waals surface area (Å²) in [4.78, 5) is 17.1. The molecule has 9 heteroatoms. The number of nitrogens with zero attached hydrogens (tertiary/aromatic N) is 2. The monoisotopic (exact) mass is 485 g/mol. The fraction of sp³-hybridized carbons (Fsp3) is 0.400. The maximum atomic E-state index is 12.8. The highest BCUT2D eigenvalue weighted by atomic mass is 32.2. The second kappa shape index (κ2) is 10.7. The highest BCUT2D eigenvalue weighted by Gasteiger charge is 2.32. The summed E-state index contributed by atoms with van der Waals surface area (Å²) in [5.41, 5.74) is 2.11. The van der Waals surface area contributed by atoms with Crippen molar-refractivity contribution in [2.24, 2.45) is 0 Å². The summed E-state index contributed by atoms with van der Waals surface area (Å²) in [6.45, 7) is 4.30. The Morgan fingerprint density at radius 2 is 1.71 bits per heavy atom. The summed E-state index contributed by atoms with van der Waals surface area (Å²) in [5, 5.41) is 9.81. The van der Waals surface area contributed by atoms with Crippen LogP contribution in [-0.2, 0) is 19.6 Å². The summed E-state index contributed by atoms with van der Waals surface area (Å²) >= 11 is 0. The molecule has 0 radical (unpaired) electrons. The van der Waals surface area contributed by atoms with Crippen molar-refractivity contribution in [3.8, 4) is 0 Å². The maximum Gasteiger partial charge on any atom is 0.241 e. The zero-order chi connectivity index (χ0) is 24.1. The fourth-order valence-corrected chi connectivity index (χ4v) is 5.45. The van der Waals surface area contributed by atoms with Crippen molar-refractivity contribution in [2.45, 2.75) is 36.5 Å². The minimum absolute atomic E-state index is 0.0160. The second-order valence-corrected chi connectivity index (χ2v) is 10.4. The first-order chi connectivity index (χ1) is 16.4. The fourth-order valence-electron chi connectivity index (χ4n) is 4.23. The number of ether oxygens (including phenoxy) is 1. The highest BCUT2D eigenvalue weighted by Crippen LogP contribution is 2.21. The molecule has 1 fully saturated rings. The number of hydrogen-bond donors (Lipinski definition) is 2. The van der Waals surface area contributed by atoms with E-state index in [-0.39, 0.29) is 23.8 Å². The van der Waals surface area contributed by atoms with Crippen LogP contribution < -0.4 is 9.62 Å². The van der Waals surface area contributed by atoms with Gasteiger partial charge in [0.2, 0.25) is 15.9 Å². The van der Waals surface area contributed by atoms with Gasteiger partial charge in [-0.1, -0.05) is 48.0 Å². The topological polar surface area (TPSA) is 99.2 Å². The van der Waals surface area contributed by atoms with Crippen molar-refractivity contribution < 1.29 is 23.1 Å². The Morgan fingerprint density at radius 1 is 1.03 bits per heavy atom. The molecule has 0 spiro atoms. The van der Waals surface area contributed by atoms with Gasteiger partial charge in [0.25, 0.3) is 0 Å². The smallest absolute Gasteiger partial charge is 0.241 e. The van der Waals surface area contributed by atoms with Crippen molar-refractivity contribution >= 4 is 21.6 Å². The number of rotatable bonds is 7. The number of para-hydroxylation sites is 1. The lowest BCUT2D eigenvalue weighted by Crippen LogP contribution is -2.51. The molecule has 1 amide bonds. The quantitative estimate of drug-likeness (QED) is 0.579. The molecular formula is C25H31N3O5S. The molecule has 1 saturated heterocycles.